The molecule has 0 heterocycles. The van der Waals surface area contributed by atoms with E-state index in [1.165, 1.54) is 89.3 Å². The van der Waals surface area contributed by atoms with E-state index in [4.69, 9.17) is 0 Å². The van der Waals surface area contributed by atoms with Crippen LogP contribution >= 0.6 is 0 Å². The first-order valence-corrected chi connectivity index (χ1v) is 26.4. The maximum atomic E-state index is 2.42. The molecule has 0 bridgehead atoms. The summed E-state index contributed by atoms with van der Waals surface area (Å²) in [4.78, 5) is 4.77. The molecule has 2 aliphatic carbocycles. The zero-order chi connectivity index (χ0) is 51.6. The van der Waals surface area contributed by atoms with Gasteiger partial charge in [0.15, 0.2) is 0 Å². The van der Waals surface area contributed by atoms with Gasteiger partial charge in [-0.3, -0.25) is 0 Å². The molecule has 11 rings (SSSR count). The monoisotopic (exact) mass is 961 g/mol. The Kier molecular flexibility index (Phi) is 12.1. The first kappa shape index (κ1) is 48.3. The molecule has 0 N–H and O–H groups in total. The summed E-state index contributed by atoms with van der Waals surface area (Å²) in [6, 6.07) is 76.5. The summed E-state index contributed by atoms with van der Waals surface area (Å²) in [5, 5.41) is 0. The highest BCUT2D eigenvalue weighted by molar-refractivity contribution is 5.89. The minimum atomic E-state index is -0.163. The van der Waals surface area contributed by atoms with Gasteiger partial charge in [-0.05, 0) is 162 Å². The van der Waals surface area contributed by atoms with Crippen LogP contribution < -0.4 is 9.80 Å². The Morgan fingerprint density at radius 1 is 0.284 bits per heavy atom. The van der Waals surface area contributed by atoms with Crippen molar-refractivity contribution < 1.29 is 0 Å². The van der Waals surface area contributed by atoms with E-state index in [1.807, 2.05) is 0 Å². The molecule has 0 radical (unpaired) electrons. The standard InChI is InChI=1S/C72H68N2/c1-69(2,3)53-31-35-57(36-32-53)73(55-17-13-11-14-18-55)59-39-43-63-61-41-29-51(45-65(61)71(7,8)67(63)47-59)27-25-49-21-23-50(24-22-49)26-28-52-30-42-62-64-44-40-60(48-68(64)72(9,10)66(62)46-52)74(56-19-15-12-16-20-56)58-37-33-54(34-38-58)70(4,5)6/h11-48H,1-10H3/b27-25+,28-26+. The van der Waals surface area contributed by atoms with Crippen molar-refractivity contribution in [3.05, 3.63) is 262 Å². The van der Waals surface area contributed by atoms with Crippen LogP contribution in [0, 0.1) is 0 Å². The smallest absolute Gasteiger partial charge is 0.0465 e. The van der Waals surface area contributed by atoms with Crippen molar-refractivity contribution >= 4 is 58.4 Å². The predicted octanol–water partition coefficient (Wildman–Crippen LogP) is 20.2. The number of benzene rings is 9. The van der Waals surface area contributed by atoms with E-state index < -0.39 is 0 Å². The highest BCUT2D eigenvalue weighted by atomic mass is 15.1. The molecule has 74 heavy (non-hydrogen) atoms. The molecule has 2 nitrogen and oxygen atoms in total. The summed E-state index contributed by atoms with van der Waals surface area (Å²) in [7, 11) is 0. The number of anilines is 6. The second kappa shape index (κ2) is 18.5. The molecule has 0 amide bonds. The van der Waals surface area contributed by atoms with Gasteiger partial charge in [0.1, 0.15) is 0 Å². The predicted molar refractivity (Wildman–Crippen MR) is 319 cm³/mol. The van der Waals surface area contributed by atoms with E-state index in [9.17, 15) is 0 Å². The van der Waals surface area contributed by atoms with Crippen LogP contribution in [0.15, 0.2) is 206 Å². The SMILES string of the molecule is CC(C)(C)c1ccc(N(c2ccccc2)c2ccc3c(c2)C(C)(C)c2cc(/C=C/c4ccc(/C=C/c5ccc6c(c5)C(C)(C)c5cc(N(c7ccccc7)c7ccc(C(C)(C)C)cc7)ccc5-6)cc4)ccc2-3)cc1. The Balaban J connectivity index is 0.792. The van der Waals surface area contributed by atoms with Gasteiger partial charge in [-0.1, -0.05) is 227 Å². The molecule has 0 atom stereocenters. The summed E-state index contributed by atoms with van der Waals surface area (Å²) in [5.74, 6) is 0. The molecular weight excluding hydrogens is 893 g/mol. The molecule has 0 spiro atoms. The fraction of sp³-hybridized carbons (Fsp3) is 0.194. The Bertz CT molecular complexity index is 3340. The van der Waals surface area contributed by atoms with Gasteiger partial charge in [0.05, 0.1) is 0 Å². The van der Waals surface area contributed by atoms with E-state index in [-0.39, 0.29) is 21.7 Å². The molecule has 366 valence electrons. The van der Waals surface area contributed by atoms with Gasteiger partial charge < -0.3 is 9.80 Å². The normalized spacial score (nSPS) is 14.2. The van der Waals surface area contributed by atoms with Crippen LogP contribution in [0.4, 0.5) is 34.1 Å². The van der Waals surface area contributed by atoms with Gasteiger partial charge in [0, 0.05) is 45.0 Å². The van der Waals surface area contributed by atoms with Crippen molar-refractivity contribution in [2.75, 3.05) is 9.80 Å². The van der Waals surface area contributed by atoms with Crippen LogP contribution in [0.1, 0.15) is 125 Å². The van der Waals surface area contributed by atoms with Gasteiger partial charge >= 0.3 is 0 Å². The number of hydrogen-bond acceptors (Lipinski definition) is 2. The van der Waals surface area contributed by atoms with Crippen molar-refractivity contribution in [1.29, 1.82) is 0 Å². The molecule has 0 fully saturated rings. The fourth-order valence-electron chi connectivity index (χ4n) is 11.3. The third-order valence-electron chi connectivity index (χ3n) is 15.8. The number of rotatable bonds is 10. The molecule has 0 saturated carbocycles. The number of nitrogens with zero attached hydrogens (tertiary/aromatic N) is 2. The molecule has 2 aliphatic rings. The average Bonchev–Trinajstić information content (AvgIpc) is 3.80. The summed E-state index contributed by atoms with van der Waals surface area (Å²) in [6.07, 6.45) is 8.98. The highest BCUT2D eigenvalue weighted by Crippen LogP contribution is 2.53. The minimum absolute atomic E-state index is 0.0928. The highest BCUT2D eigenvalue weighted by Gasteiger charge is 2.38. The van der Waals surface area contributed by atoms with E-state index in [0.717, 1.165) is 22.7 Å². The second-order valence-electron chi connectivity index (χ2n) is 23.6. The van der Waals surface area contributed by atoms with E-state index in [0.29, 0.717) is 0 Å². The van der Waals surface area contributed by atoms with Crippen molar-refractivity contribution in [2.45, 2.75) is 90.9 Å². The topological polar surface area (TPSA) is 6.48 Å². The lowest BCUT2D eigenvalue weighted by Gasteiger charge is -2.29. The number of fused-ring (bicyclic) bond motifs is 6. The second-order valence-corrected chi connectivity index (χ2v) is 23.6. The largest absolute Gasteiger partial charge is 0.310 e. The Labute approximate surface area is 441 Å². The van der Waals surface area contributed by atoms with Crippen LogP contribution in [0.5, 0.6) is 0 Å². The van der Waals surface area contributed by atoms with E-state index >= 15 is 0 Å². The van der Waals surface area contributed by atoms with Crippen LogP contribution in [-0.4, -0.2) is 0 Å². The number of para-hydroxylation sites is 2. The zero-order valence-corrected chi connectivity index (χ0v) is 44.8. The minimum Gasteiger partial charge on any atom is -0.310 e. The maximum Gasteiger partial charge on any atom is 0.0465 e. The van der Waals surface area contributed by atoms with Gasteiger partial charge in [-0.15, -0.1) is 0 Å². The summed E-state index contributed by atoms with van der Waals surface area (Å²) >= 11 is 0. The number of hydrogen-bond donors (Lipinski definition) is 0. The Morgan fingerprint density at radius 2 is 0.554 bits per heavy atom. The Hall–Kier alpha value is -7.94. The van der Waals surface area contributed by atoms with Crippen LogP contribution in [-0.2, 0) is 21.7 Å². The van der Waals surface area contributed by atoms with Gasteiger partial charge in [-0.2, -0.15) is 0 Å². The third kappa shape index (κ3) is 9.02. The van der Waals surface area contributed by atoms with Gasteiger partial charge in [0.25, 0.3) is 0 Å². The molecule has 0 aliphatic heterocycles. The first-order chi connectivity index (χ1) is 35.4. The fourth-order valence-corrected chi connectivity index (χ4v) is 11.3. The quantitative estimate of drug-likeness (QED) is 0.126. The van der Waals surface area contributed by atoms with Gasteiger partial charge in [-0.25, -0.2) is 0 Å². The van der Waals surface area contributed by atoms with Crippen molar-refractivity contribution in [3.63, 3.8) is 0 Å². The lowest BCUT2D eigenvalue weighted by Crippen LogP contribution is -2.17. The van der Waals surface area contributed by atoms with Crippen LogP contribution in [0.25, 0.3) is 46.6 Å². The lowest BCUT2D eigenvalue weighted by atomic mass is 9.81. The maximum absolute atomic E-state index is 2.42. The third-order valence-corrected chi connectivity index (χ3v) is 15.8. The molecule has 0 aromatic heterocycles. The summed E-state index contributed by atoms with van der Waals surface area (Å²) in [5.41, 5.74) is 24.9. The molecule has 2 heteroatoms. The van der Waals surface area contributed by atoms with Gasteiger partial charge in [0.2, 0.25) is 0 Å². The zero-order valence-electron chi connectivity index (χ0n) is 44.8. The molecule has 0 unspecified atom stereocenters. The summed E-state index contributed by atoms with van der Waals surface area (Å²) in [6.45, 7) is 23.1. The Morgan fingerprint density at radius 3 is 0.892 bits per heavy atom. The lowest BCUT2D eigenvalue weighted by molar-refractivity contribution is 0.590. The van der Waals surface area contributed by atoms with Crippen LogP contribution in [0.3, 0.4) is 0 Å². The average molecular weight is 961 g/mol. The van der Waals surface area contributed by atoms with Crippen LogP contribution in [0.2, 0.25) is 0 Å². The molecular formula is C72H68N2. The molecule has 9 aromatic carbocycles. The van der Waals surface area contributed by atoms with E-state index in [1.54, 1.807) is 0 Å². The van der Waals surface area contributed by atoms with Crippen molar-refractivity contribution in [2.24, 2.45) is 0 Å². The molecule has 0 saturated heterocycles. The summed E-state index contributed by atoms with van der Waals surface area (Å²) < 4.78 is 0. The van der Waals surface area contributed by atoms with E-state index in [2.05, 4.69) is 310 Å². The first-order valence-electron chi connectivity index (χ1n) is 26.4. The van der Waals surface area contributed by atoms with Crippen molar-refractivity contribution in [3.8, 4) is 22.3 Å². The molecule has 9 aromatic rings. The van der Waals surface area contributed by atoms with Crippen molar-refractivity contribution in [1.82, 2.24) is 0 Å².